The average molecular weight is 436 g/mol. The topological polar surface area (TPSA) is 64.6 Å². The molecule has 11 heteroatoms. The lowest BCUT2D eigenvalue weighted by Crippen LogP contribution is -2.45. The summed E-state index contributed by atoms with van der Waals surface area (Å²) in [6.45, 7) is 3.31. The van der Waals surface area contributed by atoms with E-state index in [2.05, 4.69) is 15.4 Å². The number of nitrogens with one attached hydrogen (secondary N) is 1. The van der Waals surface area contributed by atoms with Crippen LogP contribution in [0, 0.1) is 12.7 Å². The fourth-order valence-electron chi connectivity index (χ4n) is 3.94. The molecule has 1 amide bonds. The van der Waals surface area contributed by atoms with Crippen molar-refractivity contribution in [3.63, 3.8) is 0 Å². The van der Waals surface area contributed by atoms with Crippen LogP contribution in [0.25, 0.3) is 0 Å². The number of hydrogen-bond donors (Lipinski definition) is 1. The summed E-state index contributed by atoms with van der Waals surface area (Å²) in [5.74, 6) is -0.760. The lowest BCUT2D eigenvalue weighted by atomic mass is 9.98. The first-order valence-corrected chi connectivity index (χ1v) is 9.55. The molecule has 2 aromatic rings. The molecule has 4 rings (SSSR count). The summed E-state index contributed by atoms with van der Waals surface area (Å²) in [6.07, 6.45) is -1.99. The summed E-state index contributed by atoms with van der Waals surface area (Å²) >= 11 is 0. The van der Waals surface area contributed by atoms with Gasteiger partial charge in [-0.3, -0.25) is 4.79 Å². The smallest absolute Gasteiger partial charge is 0.330 e. The molecule has 0 radical (unpaired) electrons. The highest BCUT2D eigenvalue weighted by Gasteiger charge is 2.40. The molecule has 7 nitrogen and oxygen atoms in total. The second-order valence-corrected chi connectivity index (χ2v) is 7.54. The van der Waals surface area contributed by atoms with Crippen LogP contribution >= 0.6 is 0 Å². The molecule has 0 aliphatic carbocycles. The third-order valence-electron chi connectivity index (χ3n) is 5.48. The first-order chi connectivity index (χ1) is 14.6. The van der Waals surface area contributed by atoms with Gasteiger partial charge in [-0.25, -0.2) is 19.4 Å². The van der Waals surface area contributed by atoms with E-state index in [4.69, 9.17) is 0 Å². The van der Waals surface area contributed by atoms with Gasteiger partial charge in [-0.2, -0.15) is 13.2 Å². The molecule has 1 aromatic carbocycles. The summed E-state index contributed by atoms with van der Waals surface area (Å²) in [7, 11) is 1.72. The van der Waals surface area contributed by atoms with E-state index in [0.29, 0.717) is 12.1 Å². The lowest BCUT2D eigenvalue weighted by molar-refractivity contribution is -0.138. The van der Waals surface area contributed by atoms with Crippen LogP contribution in [0.5, 0.6) is 0 Å². The van der Waals surface area contributed by atoms with Gasteiger partial charge >= 0.3 is 6.18 Å². The number of amides is 1. The van der Waals surface area contributed by atoms with Gasteiger partial charge in [-0.05, 0) is 31.5 Å². The zero-order valence-corrected chi connectivity index (χ0v) is 17.0. The molecule has 31 heavy (non-hydrogen) atoms. The van der Waals surface area contributed by atoms with Crippen molar-refractivity contribution in [1.82, 2.24) is 25.4 Å². The van der Waals surface area contributed by atoms with E-state index >= 15 is 0 Å². The zero-order chi connectivity index (χ0) is 22.5. The van der Waals surface area contributed by atoms with Gasteiger partial charge < -0.3 is 10.3 Å². The van der Waals surface area contributed by atoms with Crippen molar-refractivity contribution >= 4 is 11.9 Å². The Bertz CT molecular complexity index is 1050. The Balaban J connectivity index is 1.63. The van der Waals surface area contributed by atoms with Gasteiger partial charge in [0.25, 0.3) is 5.91 Å². The van der Waals surface area contributed by atoms with Crippen molar-refractivity contribution in [2.75, 3.05) is 18.6 Å². The van der Waals surface area contributed by atoms with E-state index in [1.54, 1.807) is 17.2 Å². The van der Waals surface area contributed by atoms with Crippen LogP contribution in [-0.2, 0) is 6.18 Å². The van der Waals surface area contributed by atoms with E-state index < -0.39 is 23.5 Å². The van der Waals surface area contributed by atoms with Crippen LogP contribution in [0.4, 0.5) is 23.5 Å². The van der Waals surface area contributed by atoms with Crippen molar-refractivity contribution < 1.29 is 22.4 Å². The maximum absolute atomic E-state index is 13.3. The Kier molecular flexibility index (Phi) is 5.08. The Morgan fingerprint density at radius 2 is 1.90 bits per heavy atom. The summed E-state index contributed by atoms with van der Waals surface area (Å²) in [5, 5.41) is 3.30. The van der Waals surface area contributed by atoms with E-state index in [9.17, 15) is 22.4 Å². The molecule has 2 aliphatic heterocycles. The van der Waals surface area contributed by atoms with Gasteiger partial charge in [-0.1, -0.05) is 6.07 Å². The van der Waals surface area contributed by atoms with Gasteiger partial charge in [0.1, 0.15) is 0 Å². The minimum Gasteiger partial charge on any atom is -0.330 e. The molecule has 1 atom stereocenters. The molecule has 2 aliphatic rings. The van der Waals surface area contributed by atoms with Crippen molar-refractivity contribution in [1.29, 1.82) is 0 Å². The second kappa shape index (κ2) is 7.49. The molecule has 0 unspecified atom stereocenters. The number of benzene rings is 1. The molecule has 0 bridgehead atoms. The molecule has 0 fully saturated rings. The quantitative estimate of drug-likeness (QED) is 0.730. The number of rotatable bonds is 2. The van der Waals surface area contributed by atoms with Crippen molar-refractivity contribution in [3.8, 4) is 0 Å². The molecule has 0 saturated heterocycles. The number of carbonyl (C=O) groups is 1. The number of hydrazine groups is 2. The van der Waals surface area contributed by atoms with Crippen LogP contribution in [0.2, 0.25) is 0 Å². The molecule has 1 N–H and O–H groups in total. The summed E-state index contributed by atoms with van der Waals surface area (Å²) in [5.41, 5.74) is 3.74. The number of halogens is 4. The predicted molar refractivity (Wildman–Crippen MR) is 104 cm³/mol. The van der Waals surface area contributed by atoms with Gasteiger partial charge in [0.2, 0.25) is 5.95 Å². The van der Waals surface area contributed by atoms with Gasteiger partial charge in [0.15, 0.2) is 5.82 Å². The summed E-state index contributed by atoms with van der Waals surface area (Å²) in [4.78, 5) is 22.7. The van der Waals surface area contributed by atoms with E-state index in [-0.39, 0.29) is 29.7 Å². The molecule has 164 valence electrons. The minimum absolute atomic E-state index is 0.0239. The van der Waals surface area contributed by atoms with Crippen LogP contribution in [-0.4, -0.2) is 45.5 Å². The Morgan fingerprint density at radius 1 is 1.23 bits per heavy atom. The van der Waals surface area contributed by atoms with E-state index in [1.165, 1.54) is 24.0 Å². The van der Waals surface area contributed by atoms with Crippen LogP contribution in [0.1, 0.15) is 34.8 Å². The number of carbonyl (C=O) groups excluding carboxylic acids is 1. The number of anilines is 1. The predicted octanol–water partition coefficient (Wildman–Crippen LogP) is 3.26. The standard InChI is InChI=1S/C20H20F4N6O/c1-11-7-17-16(27-28(3)30(17)19-25-8-13(21)9-26-19)10-29(11)18(31)14-5-4-6-15(12(14)2)20(22,23)24/h4-6,8-9,11,27H,7,10H2,1-3H3/t11-/m1/s1. The fraction of sp³-hybridized carbons (Fsp3) is 0.350. The highest BCUT2D eigenvalue weighted by molar-refractivity contribution is 5.96. The zero-order valence-electron chi connectivity index (χ0n) is 17.0. The average Bonchev–Trinajstić information content (AvgIpc) is 3.01. The first kappa shape index (κ1) is 21.0. The SMILES string of the molecule is Cc1c(C(=O)N2CC3=C(C[C@H]2C)N(c2ncc(F)cn2)N(C)N3)cccc1C(F)(F)F. The number of hydrogen-bond acceptors (Lipinski definition) is 6. The van der Waals surface area contributed by atoms with Crippen LogP contribution in [0.3, 0.4) is 0 Å². The maximum Gasteiger partial charge on any atom is 0.416 e. The fourth-order valence-corrected chi connectivity index (χ4v) is 3.94. The highest BCUT2D eigenvalue weighted by Crippen LogP contribution is 2.35. The Labute approximate surface area is 175 Å². The summed E-state index contributed by atoms with van der Waals surface area (Å²) in [6, 6.07) is 3.34. The summed E-state index contributed by atoms with van der Waals surface area (Å²) < 4.78 is 53.0. The Hall–Kier alpha value is -3.21. The largest absolute Gasteiger partial charge is 0.416 e. The lowest BCUT2D eigenvalue weighted by Gasteiger charge is -2.35. The third-order valence-corrected chi connectivity index (χ3v) is 5.48. The number of alkyl halides is 3. The van der Waals surface area contributed by atoms with E-state index in [1.807, 2.05) is 6.92 Å². The second-order valence-electron chi connectivity index (χ2n) is 7.54. The number of nitrogens with zero attached hydrogens (tertiary/aromatic N) is 5. The Morgan fingerprint density at radius 3 is 2.55 bits per heavy atom. The van der Waals surface area contributed by atoms with Gasteiger partial charge in [0, 0.05) is 25.1 Å². The van der Waals surface area contributed by atoms with Crippen molar-refractivity contribution in [3.05, 3.63) is 64.5 Å². The van der Waals surface area contributed by atoms with Crippen LogP contribution in [0.15, 0.2) is 42.0 Å². The van der Waals surface area contributed by atoms with Gasteiger partial charge in [-0.15, -0.1) is 5.12 Å². The molecular formula is C20H20F4N6O. The van der Waals surface area contributed by atoms with Gasteiger partial charge in [0.05, 0.1) is 35.9 Å². The number of aromatic nitrogens is 2. The molecular weight excluding hydrogens is 416 g/mol. The minimum atomic E-state index is -4.53. The van der Waals surface area contributed by atoms with E-state index in [0.717, 1.165) is 24.2 Å². The maximum atomic E-state index is 13.3. The monoisotopic (exact) mass is 436 g/mol. The van der Waals surface area contributed by atoms with Crippen LogP contribution < -0.4 is 10.4 Å². The molecule has 1 aromatic heterocycles. The highest BCUT2D eigenvalue weighted by atomic mass is 19.4. The normalized spacial score (nSPS) is 19.5. The van der Waals surface area contributed by atoms with Crippen molar-refractivity contribution in [2.45, 2.75) is 32.5 Å². The third kappa shape index (κ3) is 3.69. The molecule has 3 heterocycles. The molecule has 0 saturated carbocycles. The van der Waals surface area contributed by atoms with Crippen molar-refractivity contribution in [2.24, 2.45) is 0 Å². The molecule has 0 spiro atoms. The first-order valence-electron chi connectivity index (χ1n) is 9.55.